The van der Waals surface area contributed by atoms with Crippen LogP contribution in [0.4, 0.5) is 4.79 Å². The quantitative estimate of drug-likeness (QED) is 0.731. The van der Waals surface area contributed by atoms with Crippen LogP contribution in [0.2, 0.25) is 0 Å². The first kappa shape index (κ1) is 20.5. The van der Waals surface area contributed by atoms with Crippen molar-refractivity contribution in [1.82, 2.24) is 15.5 Å². The highest BCUT2D eigenvalue weighted by atomic mass is 16.6. The Morgan fingerprint density at radius 3 is 2.35 bits per heavy atom. The third-order valence-corrected chi connectivity index (χ3v) is 7.49. The summed E-state index contributed by atoms with van der Waals surface area (Å²) in [6.07, 6.45) is 7.73. The van der Waals surface area contributed by atoms with Crippen molar-refractivity contribution in [3.05, 3.63) is 23.8 Å². The van der Waals surface area contributed by atoms with Gasteiger partial charge in [-0.05, 0) is 74.0 Å². The van der Waals surface area contributed by atoms with Crippen molar-refractivity contribution in [2.45, 2.75) is 57.0 Å². The number of nitrogens with zero attached hydrogens (tertiary/aromatic N) is 1. The zero-order valence-electron chi connectivity index (χ0n) is 18.3. The van der Waals surface area contributed by atoms with E-state index in [1.165, 1.54) is 19.3 Å². The maximum atomic E-state index is 12.5. The van der Waals surface area contributed by atoms with Gasteiger partial charge in [-0.25, -0.2) is 4.79 Å². The highest BCUT2D eigenvalue weighted by Crippen LogP contribution is 2.55. The lowest BCUT2D eigenvalue weighted by Gasteiger charge is -2.56. The summed E-state index contributed by atoms with van der Waals surface area (Å²) in [4.78, 5) is 26.7. The van der Waals surface area contributed by atoms with E-state index in [0.29, 0.717) is 26.3 Å². The third-order valence-electron chi connectivity index (χ3n) is 7.49. The highest BCUT2D eigenvalue weighted by Gasteiger charge is 2.51. The van der Waals surface area contributed by atoms with Crippen LogP contribution >= 0.6 is 0 Å². The van der Waals surface area contributed by atoms with Crippen LogP contribution in [-0.2, 0) is 11.3 Å². The monoisotopic (exact) mass is 427 g/mol. The van der Waals surface area contributed by atoms with E-state index in [9.17, 15) is 9.59 Å². The van der Waals surface area contributed by atoms with Crippen LogP contribution in [0.5, 0.6) is 11.5 Å². The van der Waals surface area contributed by atoms with Crippen molar-refractivity contribution in [2.24, 2.45) is 17.8 Å². The minimum atomic E-state index is -0.121. The lowest BCUT2D eigenvalue weighted by Crippen LogP contribution is -2.61. The second kappa shape index (κ2) is 8.24. The minimum Gasteiger partial charge on any atom is -0.486 e. The zero-order chi connectivity index (χ0) is 21.4. The molecule has 6 rings (SSSR count). The Morgan fingerprint density at radius 2 is 1.68 bits per heavy atom. The molecule has 0 unspecified atom stereocenters. The predicted molar refractivity (Wildman–Crippen MR) is 116 cm³/mol. The molecule has 1 aliphatic heterocycles. The number of urea groups is 1. The SMILES string of the molecule is CN(Cc1ccc2c(c1)OCCO2)C(=O)CCNC(=O)NC12CC3CC(CC(C3)C1)C2. The lowest BCUT2D eigenvalue weighted by atomic mass is 9.53. The molecule has 7 heteroatoms. The highest BCUT2D eigenvalue weighted by molar-refractivity contribution is 5.78. The molecule has 4 saturated carbocycles. The van der Waals surface area contributed by atoms with Gasteiger partial charge in [-0.3, -0.25) is 4.79 Å². The average molecular weight is 428 g/mol. The smallest absolute Gasteiger partial charge is 0.315 e. The first-order valence-electron chi connectivity index (χ1n) is 11.7. The number of hydrogen-bond donors (Lipinski definition) is 2. The van der Waals surface area contributed by atoms with Crippen molar-refractivity contribution in [2.75, 3.05) is 26.8 Å². The Kier molecular flexibility index (Phi) is 5.44. The summed E-state index contributed by atoms with van der Waals surface area (Å²) in [6.45, 7) is 1.95. The molecule has 0 saturated heterocycles. The summed E-state index contributed by atoms with van der Waals surface area (Å²) in [5.41, 5.74) is 0.991. The van der Waals surface area contributed by atoms with Crippen LogP contribution in [0.25, 0.3) is 0 Å². The number of amides is 3. The molecule has 4 aliphatic carbocycles. The van der Waals surface area contributed by atoms with Gasteiger partial charge < -0.3 is 25.0 Å². The summed E-state index contributed by atoms with van der Waals surface area (Å²) in [7, 11) is 1.79. The number of nitrogens with one attached hydrogen (secondary N) is 2. The second-order valence-corrected chi connectivity index (χ2v) is 10.1. The predicted octanol–water partition coefficient (Wildman–Crippen LogP) is 3.07. The Morgan fingerprint density at radius 1 is 1.03 bits per heavy atom. The van der Waals surface area contributed by atoms with E-state index < -0.39 is 0 Å². The number of benzene rings is 1. The lowest BCUT2D eigenvalue weighted by molar-refractivity contribution is -0.130. The fourth-order valence-electron chi connectivity index (χ4n) is 6.57. The number of carbonyl (C=O) groups is 2. The minimum absolute atomic E-state index is 0.00212. The van der Waals surface area contributed by atoms with Gasteiger partial charge in [0.05, 0.1) is 0 Å². The van der Waals surface area contributed by atoms with E-state index in [1.807, 2.05) is 18.2 Å². The fourth-order valence-corrected chi connectivity index (χ4v) is 6.57. The van der Waals surface area contributed by atoms with E-state index in [-0.39, 0.29) is 23.9 Å². The molecule has 4 fully saturated rings. The topological polar surface area (TPSA) is 79.9 Å². The number of fused-ring (bicyclic) bond motifs is 1. The van der Waals surface area contributed by atoms with Crippen LogP contribution in [0, 0.1) is 17.8 Å². The van der Waals surface area contributed by atoms with E-state index >= 15 is 0 Å². The maximum Gasteiger partial charge on any atom is 0.315 e. The van der Waals surface area contributed by atoms with Crippen molar-refractivity contribution < 1.29 is 19.1 Å². The molecule has 5 aliphatic rings. The van der Waals surface area contributed by atoms with Crippen molar-refractivity contribution in [1.29, 1.82) is 0 Å². The molecule has 31 heavy (non-hydrogen) atoms. The molecular weight excluding hydrogens is 394 g/mol. The van der Waals surface area contributed by atoms with Gasteiger partial charge >= 0.3 is 6.03 Å². The molecule has 1 heterocycles. The summed E-state index contributed by atoms with van der Waals surface area (Å²) >= 11 is 0. The molecule has 0 spiro atoms. The van der Waals surface area contributed by atoms with E-state index in [4.69, 9.17) is 9.47 Å². The summed E-state index contributed by atoms with van der Waals surface area (Å²) in [5, 5.41) is 6.21. The van der Waals surface area contributed by atoms with Gasteiger partial charge in [0.2, 0.25) is 5.91 Å². The van der Waals surface area contributed by atoms with Gasteiger partial charge in [0.15, 0.2) is 11.5 Å². The van der Waals surface area contributed by atoms with Gasteiger partial charge in [0, 0.05) is 32.1 Å². The van der Waals surface area contributed by atoms with Crippen molar-refractivity contribution in [3.8, 4) is 11.5 Å². The zero-order valence-corrected chi connectivity index (χ0v) is 18.3. The van der Waals surface area contributed by atoms with Gasteiger partial charge in [-0.2, -0.15) is 0 Å². The van der Waals surface area contributed by atoms with E-state index in [2.05, 4.69) is 10.6 Å². The van der Waals surface area contributed by atoms with Crippen LogP contribution in [0.1, 0.15) is 50.5 Å². The standard InChI is InChI=1S/C24H33N3O4/c1-27(15-16-2-3-20-21(11-16)31-7-6-30-20)22(28)4-5-25-23(29)26-24-12-17-8-18(13-24)10-19(9-17)14-24/h2-3,11,17-19H,4-10,12-15H2,1H3,(H2,25,26,29). The number of carbonyl (C=O) groups excluding carboxylic acids is 2. The third kappa shape index (κ3) is 4.46. The number of hydrogen-bond acceptors (Lipinski definition) is 4. The molecule has 3 amide bonds. The molecule has 0 atom stereocenters. The largest absolute Gasteiger partial charge is 0.486 e. The molecule has 7 nitrogen and oxygen atoms in total. The van der Waals surface area contributed by atoms with E-state index in [0.717, 1.165) is 54.1 Å². The average Bonchev–Trinajstić information content (AvgIpc) is 2.72. The van der Waals surface area contributed by atoms with Crippen molar-refractivity contribution in [3.63, 3.8) is 0 Å². The van der Waals surface area contributed by atoms with Gasteiger partial charge in [0.25, 0.3) is 0 Å². The van der Waals surface area contributed by atoms with Gasteiger partial charge in [-0.15, -0.1) is 0 Å². The molecule has 0 radical (unpaired) electrons. The Bertz CT molecular complexity index is 820. The van der Waals surface area contributed by atoms with Crippen LogP contribution in [-0.4, -0.2) is 49.2 Å². The summed E-state index contributed by atoms with van der Waals surface area (Å²) < 4.78 is 11.2. The van der Waals surface area contributed by atoms with Crippen LogP contribution < -0.4 is 20.1 Å². The molecular formula is C24H33N3O4. The number of ether oxygens (including phenoxy) is 2. The molecule has 4 bridgehead atoms. The van der Waals surface area contributed by atoms with Crippen LogP contribution in [0.15, 0.2) is 18.2 Å². The van der Waals surface area contributed by atoms with Gasteiger partial charge in [-0.1, -0.05) is 6.07 Å². The maximum absolute atomic E-state index is 12.5. The summed E-state index contributed by atoms with van der Waals surface area (Å²) in [5.74, 6) is 3.86. The van der Waals surface area contributed by atoms with Crippen molar-refractivity contribution >= 4 is 11.9 Å². The Balaban J connectivity index is 1.06. The Hall–Kier alpha value is -2.44. The molecule has 0 aromatic heterocycles. The van der Waals surface area contributed by atoms with E-state index in [1.54, 1.807) is 11.9 Å². The first-order chi connectivity index (χ1) is 15.0. The molecule has 1 aromatic carbocycles. The molecule has 168 valence electrons. The summed E-state index contributed by atoms with van der Waals surface area (Å²) in [6, 6.07) is 5.65. The fraction of sp³-hybridized carbons (Fsp3) is 0.667. The normalized spacial score (nSPS) is 30.0. The van der Waals surface area contributed by atoms with Gasteiger partial charge in [0.1, 0.15) is 13.2 Å². The first-order valence-corrected chi connectivity index (χ1v) is 11.7. The molecule has 1 aromatic rings. The Labute approximate surface area is 183 Å². The molecule has 2 N–H and O–H groups in total. The number of rotatable bonds is 6. The van der Waals surface area contributed by atoms with Crippen LogP contribution in [0.3, 0.4) is 0 Å². The second-order valence-electron chi connectivity index (χ2n) is 10.1.